The second-order valence-corrected chi connectivity index (χ2v) is 6.58. The lowest BCUT2D eigenvalue weighted by Gasteiger charge is -2.44. The highest BCUT2D eigenvalue weighted by molar-refractivity contribution is 9.10. The fourth-order valence-corrected chi connectivity index (χ4v) is 3.80. The smallest absolute Gasteiger partial charge is 0.153 e. The maximum atomic E-state index is 6.02. The van der Waals surface area contributed by atoms with Crippen LogP contribution in [0.25, 0.3) is 0 Å². The molecule has 0 bridgehead atoms. The molecule has 1 aromatic heterocycles. The molecule has 0 spiro atoms. The van der Waals surface area contributed by atoms with Gasteiger partial charge in [-0.25, -0.2) is 4.68 Å². The summed E-state index contributed by atoms with van der Waals surface area (Å²) in [6, 6.07) is 0.111. The number of hydrogen-bond donors (Lipinski definition) is 1. The molecule has 0 aliphatic heterocycles. The van der Waals surface area contributed by atoms with Crippen molar-refractivity contribution < 1.29 is 4.74 Å². The Morgan fingerprint density at radius 2 is 2.15 bits per heavy atom. The van der Waals surface area contributed by atoms with Gasteiger partial charge in [0.25, 0.3) is 0 Å². The van der Waals surface area contributed by atoms with Gasteiger partial charge in [0, 0.05) is 14.2 Å². The third-order valence-electron chi connectivity index (χ3n) is 4.56. The quantitative estimate of drug-likeness (QED) is 0.892. The summed E-state index contributed by atoms with van der Waals surface area (Å²) >= 11 is 3.53. The maximum Gasteiger partial charge on any atom is 0.153 e. The molecule has 6 heteroatoms. The van der Waals surface area contributed by atoms with E-state index in [0.29, 0.717) is 0 Å². The summed E-state index contributed by atoms with van der Waals surface area (Å²) in [5.41, 5.74) is 0.906. The predicted octanol–water partition coefficient (Wildman–Crippen LogP) is 2.82. The molecule has 1 fully saturated rings. The second-order valence-electron chi connectivity index (χ2n) is 5.83. The van der Waals surface area contributed by atoms with Gasteiger partial charge in [0.15, 0.2) is 4.60 Å². The molecular formula is C14H25BrN4O. The number of rotatable bonds is 5. The van der Waals surface area contributed by atoms with Gasteiger partial charge in [-0.05, 0) is 54.1 Å². The average molecular weight is 345 g/mol. The van der Waals surface area contributed by atoms with E-state index in [9.17, 15) is 0 Å². The summed E-state index contributed by atoms with van der Waals surface area (Å²) in [4.78, 5) is 0. The van der Waals surface area contributed by atoms with Gasteiger partial charge in [0.2, 0.25) is 0 Å². The van der Waals surface area contributed by atoms with Crippen molar-refractivity contribution in [2.24, 2.45) is 13.0 Å². The van der Waals surface area contributed by atoms with Gasteiger partial charge in [-0.2, -0.15) is 0 Å². The number of aryl methyl sites for hydroxylation is 1. The minimum atomic E-state index is -0.166. The van der Waals surface area contributed by atoms with E-state index in [1.807, 2.05) is 18.8 Å². The van der Waals surface area contributed by atoms with E-state index in [-0.39, 0.29) is 11.6 Å². The van der Waals surface area contributed by atoms with Crippen LogP contribution >= 0.6 is 15.9 Å². The van der Waals surface area contributed by atoms with E-state index in [1.54, 1.807) is 0 Å². The zero-order valence-electron chi connectivity index (χ0n) is 12.8. The molecule has 1 aromatic rings. The molecular weight excluding hydrogens is 320 g/mol. The molecule has 1 aliphatic carbocycles. The maximum absolute atomic E-state index is 6.02. The van der Waals surface area contributed by atoms with Gasteiger partial charge in [0.1, 0.15) is 0 Å². The van der Waals surface area contributed by atoms with Crippen LogP contribution in [0.5, 0.6) is 0 Å². The van der Waals surface area contributed by atoms with Crippen molar-refractivity contribution in [3.63, 3.8) is 0 Å². The van der Waals surface area contributed by atoms with Crippen molar-refractivity contribution in [2.45, 2.75) is 51.2 Å². The normalized spacial score (nSPS) is 28.6. The lowest BCUT2D eigenvalue weighted by Crippen LogP contribution is -2.48. The fraction of sp³-hybridized carbons (Fsp3) is 0.857. The van der Waals surface area contributed by atoms with Gasteiger partial charge in [-0.3, -0.25) is 0 Å². The van der Waals surface area contributed by atoms with Gasteiger partial charge in [-0.15, -0.1) is 5.10 Å². The topological polar surface area (TPSA) is 52.0 Å². The zero-order valence-corrected chi connectivity index (χ0v) is 14.4. The van der Waals surface area contributed by atoms with E-state index < -0.39 is 0 Å². The number of nitrogens with one attached hydrogen (secondary N) is 1. The number of halogens is 1. The second kappa shape index (κ2) is 6.54. The Balaban J connectivity index is 2.36. The third kappa shape index (κ3) is 2.92. The molecule has 0 saturated heterocycles. The minimum Gasteiger partial charge on any atom is -0.376 e. The van der Waals surface area contributed by atoms with Crippen LogP contribution in [0.15, 0.2) is 4.60 Å². The first-order valence-electron chi connectivity index (χ1n) is 7.37. The number of methoxy groups -OCH3 is 1. The fourth-order valence-electron chi connectivity index (χ4n) is 3.24. The molecule has 1 aliphatic rings. The van der Waals surface area contributed by atoms with E-state index in [1.165, 1.54) is 12.8 Å². The molecule has 20 heavy (non-hydrogen) atoms. The lowest BCUT2D eigenvalue weighted by molar-refractivity contribution is -0.0775. The lowest BCUT2D eigenvalue weighted by atomic mass is 9.74. The van der Waals surface area contributed by atoms with Crippen LogP contribution in [0.1, 0.15) is 51.3 Å². The number of nitrogens with zero attached hydrogens (tertiary/aromatic N) is 3. The Hall–Kier alpha value is -0.460. The van der Waals surface area contributed by atoms with E-state index in [4.69, 9.17) is 4.74 Å². The summed E-state index contributed by atoms with van der Waals surface area (Å²) in [6.07, 6.45) is 4.55. The molecule has 0 aromatic carbocycles. The summed E-state index contributed by atoms with van der Waals surface area (Å²) in [5, 5.41) is 11.8. The van der Waals surface area contributed by atoms with Gasteiger partial charge in [-0.1, -0.05) is 19.1 Å². The van der Waals surface area contributed by atoms with Crippen LogP contribution in [0.3, 0.4) is 0 Å². The van der Waals surface area contributed by atoms with Gasteiger partial charge >= 0.3 is 0 Å². The van der Waals surface area contributed by atoms with Crippen LogP contribution in [0.2, 0.25) is 0 Å². The molecule has 1 saturated carbocycles. The van der Waals surface area contributed by atoms with Crippen molar-refractivity contribution in [2.75, 3.05) is 13.7 Å². The van der Waals surface area contributed by atoms with Crippen LogP contribution in [0.4, 0.5) is 0 Å². The Morgan fingerprint density at radius 3 is 2.60 bits per heavy atom. The largest absolute Gasteiger partial charge is 0.376 e. The molecule has 114 valence electrons. The van der Waals surface area contributed by atoms with Gasteiger partial charge < -0.3 is 10.1 Å². The van der Waals surface area contributed by atoms with E-state index in [2.05, 4.69) is 45.4 Å². The summed E-state index contributed by atoms with van der Waals surface area (Å²) in [7, 11) is 3.77. The molecule has 1 heterocycles. The minimum absolute atomic E-state index is 0.111. The van der Waals surface area contributed by atoms with Crippen LogP contribution in [0, 0.1) is 5.92 Å². The van der Waals surface area contributed by atoms with Crippen molar-refractivity contribution in [1.29, 1.82) is 0 Å². The van der Waals surface area contributed by atoms with Gasteiger partial charge in [0.05, 0.1) is 17.3 Å². The summed E-state index contributed by atoms with van der Waals surface area (Å²) in [5.74, 6) is 0.786. The van der Waals surface area contributed by atoms with Crippen LogP contribution in [-0.2, 0) is 11.8 Å². The first-order chi connectivity index (χ1) is 9.54. The standard InChI is InChI=1S/C14H25BrN4O/c1-5-16-12(11-13(15)17-18-19(11)3)14(20-4)8-6-10(2)7-9-14/h10,12,16H,5-9H2,1-4H3. The predicted molar refractivity (Wildman–Crippen MR) is 82.5 cm³/mol. The highest BCUT2D eigenvalue weighted by Crippen LogP contribution is 2.43. The molecule has 0 amide bonds. The highest BCUT2D eigenvalue weighted by Gasteiger charge is 2.44. The number of hydrogen-bond acceptors (Lipinski definition) is 4. The summed E-state index contributed by atoms with van der Waals surface area (Å²) < 4.78 is 8.67. The molecule has 0 radical (unpaired) electrons. The van der Waals surface area contributed by atoms with Crippen molar-refractivity contribution in [3.8, 4) is 0 Å². The monoisotopic (exact) mass is 344 g/mol. The SMILES string of the molecule is CCNC(c1c(Br)nnn1C)C1(OC)CCC(C)CC1. The first-order valence-corrected chi connectivity index (χ1v) is 8.17. The van der Waals surface area contributed by atoms with Crippen LogP contribution in [-0.4, -0.2) is 34.2 Å². The Kier molecular flexibility index (Phi) is 5.20. The average Bonchev–Trinajstić information content (AvgIpc) is 2.77. The number of ether oxygens (including phenoxy) is 1. The molecule has 1 atom stereocenters. The van der Waals surface area contributed by atoms with E-state index >= 15 is 0 Å². The first kappa shape index (κ1) is 15.9. The third-order valence-corrected chi connectivity index (χ3v) is 5.13. The highest BCUT2D eigenvalue weighted by atomic mass is 79.9. The zero-order chi connectivity index (χ0) is 14.8. The Morgan fingerprint density at radius 1 is 1.50 bits per heavy atom. The van der Waals surface area contributed by atoms with Crippen molar-refractivity contribution >= 4 is 15.9 Å². The molecule has 2 rings (SSSR count). The summed E-state index contributed by atoms with van der Waals surface area (Å²) in [6.45, 7) is 5.34. The Bertz CT molecular complexity index is 421. The molecule has 5 nitrogen and oxygen atoms in total. The molecule has 1 unspecified atom stereocenters. The van der Waals surface area contributed by atoms with Crippen LogP contribution < -0.4 is 5.32 Å². The number of aromatic nitrogens is 3. The van der Waals surface area contributed by atoms with Crippen molar-refractivity contribution in [1.82, 2.24) is 20.3 Å². The number of likely N-dealkylation sites (N-methyl/N-ethyl adjacent to an activating group) is 1. The van der Waals surface area contributed by atoms with E-state index in [0.717, 1.165) is 35.6 Å². The molecule has 1 N–H and O–H groups in total. The Labute approximate surface area is 129 Å². The van der Waals surface area contributed by atoms with Crippen molar-refractivity contribution in [3.05, 3.63) is 10.3 Å².